The molecule has 1 heterocycles. The monoisotopic (exact) mass is 371 g/mol. The van der Waals surface area contributed by atoms with E-state index >= 15 is 0 Å². The molecular weight excluding hydrogens is 349 g/mol. The number of hydrogen-bond acceptors (Lipinski definition) is 4. The van der Waals surface area contributed by atoms with Crippen LogP contribution in [0, 0.1) is 5.82 Å². The molecule has 0 saturated carbocycles. The molecule has 2 aromatic carbocycles. The molecule has 2 atom stereocenters. The molecule has 3 N–H and O–H groups in total. The third-order valence-corrected chi connectivity index (χ3v) is 4.38. The van der Waals surface area contributed by atoms with E-state index in [1.807, 2.05) is 6.92 Å². The lowest BCUT2D eigenvalue weighted by atomic mass is 10.1. The summed E-state index contributed by atoms with van der Waals surface area (Å²) in [5.41, 5.74) is 1.88. The summed E-state index contributed by atoms with van der Waals surface area (Å²) >= 11 is 0. The van der Waals surface area contributed by atoms with Crippen molar-refractivity contribution in [3.8, 4) is 0 Å². The average molecular weight is 371 g/mol. The Morgan fingerprint density at radius 2 is 1.85 bits per heavy atom. The summed E-state index contributed by atoms with van der Waals surface area (Å²) in [5.74, 6) is -0.751. The molecule has 0 bridgehead atoms. The first kappa shape index (κ1) is 19.0. The van der Waals surface area contributed by atoms with Gasteiger partial charge in [-0.2, -0.15) is 0 Å². The van der Waals surface area contributed by atoms with E-state index in [2.05, 4.69) is 16.0 Å². The highest BCUT2D eigenvalue weighted by Crippen LogP contribution is 2.12. The zero-order valence-electron chi connectivity index (χ0n) is 15.0. The van der Waals surface area contributed by atoms with Crippen LogP contribution < -0.4 is 16.0 Å². The SMILES string of the molecule is C[C@H]1OCCN[C@@H]1C(=O)NCc1ccc(C(=O)Nc2ccc(F)cc2)cc1. The van der Waals surface area contributed by atoms with Crippen molar-refractivity contribution >= 4 is 17.5 Å². The van der Waals surface area contributed by atoms with Crippen molar-refractivity contribution in [1.82, 2.24) is 10.6 Å². The maximum absolute atomic E-state index is 12.9. The van der Waals surface area contributed by atoms with Crippen LogP contribution in [-0.2, 0) is 16.1 Å². The Labute approximate surface area is 157 Å². The molecule has 1 saturated heterocycles. The molecule has 1 aliphatic heterocycles. The Bertz CT molecular complexity index is 793. The number of halogens is 1. The van der Waals surface area contributed by atoms with E-state index in [1.54, 1.807) is 24.3 Å². The molecule has 2 aromatic rings. The number of benzene rings is 2. The molecule has 1 fully saturated rings. The minimum Gasteiger partial charge on any atom is -0.375 e. The van der Waals surface area contributed by atoms with Gasteiger partial charge in [0.15, 0.2) is 0 Å². The Hall–Kier alpha value is -2.77. The number of nitrogens with one attached hydrogen (secondary N) is 3. The Kier molecular flexibility index (Phi) is 6.16. The maximum atomic E-state index is 12.9. The summed E-state index contributed by atoms with van der Waals surface area (Å²) in [4.78, 5) is 24.5. The molecule has 3 rings (SSSR count). The van der Waals surface area contributed by atoms with Crippen LogP contribution in [0.4, 0.5) is 10.1 Å². The first-order valence-corrected chi connectivity index (χ1v) is 8.81. The third kappa shape index (κ3) is 5.12. The minimum atomic E-state index is -0.362. The van der Waals surface area contributed by atoms with Crippen molar-refractivity contribution in [3.05, 3.63) is 65.5 Å². The van der Waals surface area contributed by atoms with Gasteiger partial charge in [0.1, 0.15) is 11.9 Å². The second-order valence-electron chi connectivity index (χ2n) is 6.38. The molecule has 142 valence electrons. The van der Waals surface area contributed by atoms with E-state index in [0.29, 0.717) is 30.9 Å². The van der Waals surface area contributed by atoms with Gasteiger partial charge in [0, 0.05) is 24.3 Å². The molecule has 0 unspecified atom stereocenters. The number of amides is 2. The predicted molar refractivity (Wildman–Crippen MR) is 99.8 cm³/mol. The number of rotatable bonds is 5. The summed E-state index contributed by atoms with van der Waals surface area (Å²) in [6.45, 7) is 3.49. The van der Waals surface area contributed by atoms with Crippen LogP contribution in [0.15, 0.2) is 48.5 Å². The quantitative estimate of drug-likeness (QED) is 0.752. The number of carbonyl (C=O) groups excluding carboxylic acids is 2. The maximum Gasteiger partial charge on any atom is 0.255 e. The molecule has 27 heavy (non-hydrogen) atoms. The topological polar surface area (TPSA) is 79.5 Å². The van der Waals surface area contributed by atoms with Crippen LogP contribution in [-0.4, -0.2) is 37.1 Å². The van der Waals surface area contributed by atoms with E-state index in [4.69, 9.17) is 4.74 Å². The fourth-order valence-corrected chi connectivity index (χ4v) is 2.84. The average Bonchev–Trinajstić information content (AvgIpc) is 2.68. The highest BCUT2D eigenvalue weighted by atomic mass is 19.1. The van der Waals surface area contributed by atoms with Crippen LogP contribution in [0.3, 0.4) is 0 Å². The van der Waals surface area contributed by atoms with Crippen molar-refractivity contribution in [3.63, 3.8) is 0 Å². The number of hydrogen-bond donors (Lipinski definition) is 3. The van der Waals surface area contributed by atoms with Crippen molar-refractivity contribution < 1.29 is 18.7 Å². The number of ether oxygens (including phenoxy) is 1. The molecular formula is C20H22FN3O3. The molecule has 2 amide bonds. The van der Waals surface area contributed by atoms with Gasteiger partial charge in [0.05, 0.1) is 12.7 Å². The second-order valence-corrected chi connectivity index (χ2v) is 6.38. The summed E-state index contributed by atoms with van der Waals surface area (Å²) in [7, 11) is 0. The van der Waals surface area contributed by atoms with Gasteiger partial charge in [-0.1, -0.05) is 12.1 Å². The molecule has 0 aliphatic carbocycles. The summed E-state index contributed by atoms with van der Waals surface area (Å²) in [6, 6.07) is 12.2. The third-order valence-electron chi connectivity index (χ3n) is 4.38. The van der Waals surface area contributed by atoms with Crippen molar-refractivity contribution in [2.45, 2.75) is 25.6 Å². The Morgan fingerprint density at radius 3 is 2.52 bits per heavy atom. The van der Waals surface area contributed by atoms with Crippen molar-refractivity contribution in [2.75, 3.05) is 18.5 Å². The van der Waals surface area contributed by atoms with Gasteiger partial charge in [-0.15, -0.1) is 0 Å². The highest BCUT2D eigenvalue weighted by Gasteiger charge is 2.27. The molecule has 0 spiro atoms. The van der Waals surface area contributed by atoms with Gasteiger partial charge in [-0.3, -0.25) is 9.59 Å². The molecule has 7 heteroatoms. The van der Waals surface area contributed by atoms with Crippen molar-refractivity contribution in [1.29, 1.82) is 0 Å². The highest BCUT2D eigenvalue weighted by molar-refractivity contribution is 6.04. The van der Waals surface area contributed by atoms with Gasteiger partial charge < -0.3 is 20.7 Å². The number of morpholine rings is 1. The second kappa shape index (κ2) is 8.75. The molecule has 1 aliphatic rings. The van der Waals surface area contributed by atoms with Crippen LogP contribution in [0.1, 0.15) is 22.8 Å². The van der Waals surface area contributed by atoms with E-state index in [9.17, 15) is 14.0 Å². The van der Waals surface area contributed by atoms with Gasteiger partial charge in [0.25, 0.3) is 5.91 Å². The molecule has 0 radical (unpaired) electrons. The fraction of sp³-hybridized carbons (Fsp3) is 0.300. The molecule has 6 nitrogen and oxygen atoms in total. The van der Waals surface area contributed by atoms with Crippen LogP contribution in [0.5, 0.6) is 0 Å². The van der Waals surface area contributed by atoms with Gasteiger partial charge in [-0.05, 0) is 48.9 Å². The summed E-state index contributed by atoms with van der Waals surface area (Å²) < 4.78 is 18.4. The van der Waals surface area contributed by atoms with Crippen LogP contribution in [0.2, 0.25) is 0 Å². The van der Waals surface area contributed by atoms with E-state index in [1.165, 1.54) is 24.3 Å². The minimum absolute atomic E-state index is 0.111. The van der Waals surface area contributed by atoms with Crippen molar-refractivity contribution in [2.24, 2.45) is 0 Å². The Balaban J connectivity index is 1.53. The van der Waals surface area contributed by atoms with Crippen LogP contribution in [0.25, 0.3) is 0 Å². The van der Waals surface area contributed by atoms with Gasteiger partial charge in [0.2, 0.25) is 5.91 Å². The van der Waals surface area contributed by atoms with Gasteiger partial charge in [-0.25, -0.2) is 4.39 Å². The Morgan fingerprint density at radius 1 is 1.15 bits per heavy atom. The summed E-state index contributed by atoms with van der Waals surface area (Å²) in [5, 5.41) is 8.72. The van der Waals surface area contributed by atoms with E-state index in [-0.39, 0.29) is 29.8 Å². The van der Waals surface area contributed by atoms with Gasteiger partial charge >= 0.3 is 0 Å². The summed E-state index contributed by atoms with van der Waals surface area (Å²) in [6.07, 6.45) is -0.170. The standard InChI is InChI=1S/C20H22FN3O3/c1-13-18(22-10-11-27-13)20(26)23-12-14-2-4-15(5-3-14)19(25)24-17-8-6-16(21)7-9-17/h2-9,13,18,22H,10-12H2,1H3,(H,23,26)(H,24,25)/t13-,18+/m1/s1. The largest absolute Gasteiger partial charge is 0.375 e. The first-order valence-electron chi connectivity index (χ1n) is 8.81. The zero-order chi connectivity index (χ0) is 19.2. The fourth-order valence-electron chi connectivity index (χ4n) is 2.84. The predicted octanol–water partition coefficient (Wildman–Crippen LogP) is 2.07. The lowest BCUT2D eigenvalue weighted by Crippen LogP contribution is -2.55. The number of anilines is 1. The van der Waals surface area contributed by atoms with E-state index < -0.39 is 0 Å². The van der Waals surface area contributed by atoms with Crippen LogP contribution >= 0.6 is 0 Å². The smallest absolute Gasteiger partial charge is 0.255 e. The lowest BCUT2D eigenvalue weighted by molar-refractivity contribution is -0.129. The lowest BCUT2D eigenvalue weighted by Gasteiger charge is -2.29. The normalized spacial score (nSPS) is 19.3. The number of carbonyl (C=O) groups is 2. The first-order chi connectivity index (χ1) is 13.0. The zero-order valence-corrected chi connectivity index (χ0v) is 15.0. The molecule has 0 aromatic heterocycles. The van der Waals surface area contributed by atoms with E-state index in [0.717, 1.165) is 5.56 Å².